The fraction of sp³-hybridized carbons (Fsp3) is 0.625. The molecule has 1 unspecified atom stereocenters. The number of aryl methyl sites for hydroxylation is 2. The third-order valence-electron chi connectivity index (χ3n) is 2.02. The molecule has 60 valence electrons. The van der Waals surface area contributed by atoms with Crippen molar-refractivity contribution in [3.8, 4) is 0 Å². The molecule has 1 saturated heterocycles. The van der Waals surface area contributed by atoms with Crippen LogP contribution in [0.25, 0.3) is 0 Å². The third-order valence-corrected chi connectivity index (χ3v) is 2.02. The molecule has 0 spiro atoms. The number of aromatic nitrogens is 1. The van der Waals surface area contributed by atoms with Crippen LogP contribution in [0.15, 0.2) is 4.52 Å². The summed E-state index contributed by atoms with van der Waals surface area (Å²) < 4.78 is 10.1. The van der Waals surface area contributed by atoms with Gasteiger partial charge < -0.3 is 9.26 Å². The van der Waals surface area contributed by atoms with Crippen LogP contribution >= 0.6 is 0 Å². The van der Waals surface area contributed by atoms with Gasteiger partial charge in [-0.25, -0.2) is 0 Å². The zero-order chi connectivity index (χ0) is 7.84. The van der Waals surface area contributed by atoms with Crippen molar-refractivity contribution in [2.75, 3.05) is 6.61 Å². The van der Waals surface area contributed by atoms with Gasteiger partial charge in [-0.05, 0) is 13.8 Å². The summed E-state index contributed by atoms with van der Waals surface area (Å²) in [6.07, 6.45) is 1.38. The lowest BCUT2D eigenvalue weighted by atomic mass is 10.1. The lowest BCUT2D eigenvalue weighted by molar-refractivity contribution is 0.388. The molecule has 11 heavy (non-hydrogen) atoms. The van der Waals surface area contributed by atoms with E-state index in [1.54, 1.807) is 0 Å². The Morgan fingerprint density at radius 3 is 2.73 bits per heavy atom. The van der Waals surface area contributed by atoms with E-state index >= 15 is 0 Å². The van der Waals surface area contributed by atoms with Gasteiger partial charge in [0.25, 0.3) is 0 Å². The van der Waals surface area contributed by atoms with Crippen molar-refractivity contribution in [1.29, 1.82) is 0 Å². The molecule has 0 aliphatic carbocycles. The summed E-state index contributed by atoms with van der Waals surface area (Å²) in [4.78, 5) is 0. The molecule has 0 amide bonds. The van der Waals surface area contributed by atoms with Crippen molar-refractivity contribution in [3.05, 3.63) is 17.0 Å². The van der Waals surface area contributed by atoms with Gasteiger partial charge in [-0.2, -0.15) is 0 Å². The Labute approximate surface area is 65.3 Å². The zero-order valence-corrected chi connectivity index (χ0v) is 6.76. The van der Waals surface area contributed by atoms with Crippen LogP contribution in [0.2, 0.25) is 0 Å². The lowest BCUT2D eigenvalue weighted by Gasteiger charge is -1.92. The van der Waals surface area contributed by atoms with Crippen molar-refractivity contribution < 1.29 is 9.26 Å². The molecule has 1 aromatic heterocycles. The van der Waals surface area contributed by atoms with E-state index in [0.717, 1.165) is 24.5 Å². The Hall–Kier alpha value is -0.830. The quantitative estimate of drug-likeness (QED) is 0.600. The van der Waals surface area contributed by atoms with E-state index in [1.165, 1.54) is 5.56 Å². The maximum atomic E-state index is 5.12. The summed E-state index contributed by atoms with van der Waals surface area (Å²) in [6, 6.07) is 0. The van der Waals surface area contributed by atoms with Gasteiger partial charge in [0.2, 0.25) is 0 Å². The smallest absolute Gasteiger partial charge is 0.137 e. The highest BCUT2D eigenvalue weighted by Crippen LogP contribution is 2.20. The van der Waals surface area contributed by atoms with Crippen molar-refractivity contribution in [1.82, 2.24) is 5.16 Å². The Morgan fingerprint density at radius 1 is 1.55 bits per heavy atom. The van der Waals surface area contributed by atoms with Gasteiger partial charge in [-0.15, -0.1) is 0 Å². The molecule has 0 aromatic carbocycles. The second kappa shape index (κ2) is 2.34. The number of epoxide rings is 1. The Morgan fingerprint density at radius 2 is 2.27 bits per heavy atom. The highest BCUT2D eigenvalue weighted by Gasteiger charge is 2.25. The topological polar surface area (TPSA) is 38.6 Å². The molecule has 2 heterocycles. The molecular weight excluding hydrogens is 142 g/mol. The minimum atomic E-state index is 0.423. The first kappa shape index (κ1) is 6.85. The largest absolute Gasteiger partial charge is 0.373 e. The number of nitrogens with zero attached hydrogens (tertiary/aromatic N) is 1. The second-order valence-electron chi connectivity index (χ2n) is 2.96. The average Bonchev–Trinajstić information content (AvgIpc) is 2.73. The molecule has 1 fully saturated rings. The first-order valence-electron chi connectivity index (χ1n) is 3.80. The van der Waals surface area contributed by atoms with Gasteiger partial charge >= 0.3 is 0 Å². The summed E-state index contributed by atoms with van der Waals surface area (Å²) in [5.41, 5.74) is 2.21. The molecule has 0 radical (unpaired) electrons. The number of hydrogen-bond acceptors (Lipinski definition) is 3. The molecular formula is C8H11NO2. The first-order chi connectivity index (χ1) is 5.27. The van der Waals surface area contributed by atoms with E-state index in [9.17, 15) is 0 Å². The van der Waals surface area contributed by atoms with Crippen molar-refractivity contribution >= 4 is 0 Å². The second-order valence-corrected chi connectivity index (χ2v) is 2.96. The maximum Gasteiger partial charge on any atom is 0.137 e. The molecule has 3 heteroatoms. The minimum Gasteiger partial charge on any atom is -0.373 e. The van der Waals surface area contributed by atoms with Gasteiger partial charge in [0.1, 0.15) is 5.76 Å². The Balaban J connectivity index is 2.19. The molecule has 3 nitrogen and oxygen atoms in total. The van der Waals surface area contributed by atoms with Crippen LogP contribution in [0.4, 0.5) is 0 Å². The molecule has 1 atom stereocenters. The van der Waals surface area contributed by atoms with E-state index in [4.69, 9.17) is 9.26 Å². The highest BCUT2D eigenvalue weighted by atomic mass is 16.6. The van der Waals surface area contributed by atoms with Crippen LogP contribution in [0.1, 0.15) is 17.0 Å². The molecule has 2 rings (SSSR count). The number of rotatable bonds is 2. The molecule has 1 aliphatic heterocycles. The Kier molecular flexibility index (Phi) is 1.46. The molecule has 0 bridgehead atoms. The monoisotopic (exact) mass is 153 g/mol. The van der Waals surface area contributed by atoms with Gasteiger partial charge in [0, 0.05) is 12.0 Å². The molecule has 0 saturated carbocycles. The fourth-order valence-electron chi connectivity index (χ4n) is 1.21. The normalized spacial score (nSPS) is 22.2. The van der Waals surface area contributed by atoms with Gasteiger partial charge in [0.05, 0.1) is 18.4 Å². The van der Waals surface area contributed by atoms with Crippen LogP contribution in [-0.4, -0.2) is 17.9 Å². The predicted molar refractivity (Wildman–Crippen MR) is 39.4 cm³/mol. The highest BCUT2D eigenvalue weighted by molar-refractivity contribution is 5.22. The standard InChI is InChI=1S/C8H11NO2/c1-5-8(3-7-4-10-7)6(2)11-9-5/h7H,3-4H2,1-2H3. The van der Waals surface area contributed by atoms with Crippen LogP contribution in [0.3, 0.4) is 0 Å². The third kappa shape index (κ3) is 1.28. The lowest BCUT2D eigenvalue weighted by Crippen LogP contribution is -1.95. The van der Waals surface area contributed by atoms with E-state index in [-0.39, 0.29) is 0 Å². The van der Waals surface area contributed by atoms with E-state index < -0.39 is 0 Å². The number of hydrogen-bond donors (Lipinski definition) is 0. The zero-order valence-electron chi connectivity index (χ0n) is 6.76. The van der Waals surface area contributed by atoms with Gasteiger partial charge in [0.15, 0.2) is 0 Å². The van der Waals surface area contributed by atoms with E-state index in [1.807, 2.05) is 13.8 Å². The average molecular weight is 153 g/mol. The van der Waals surface area contributed by atoms with Gasteiger partial charge in [-0.3, -0.25) is 0 Å². The van der Waals surface area contributed by atoms with Crippen molar-refractivity contribution in [2.45, 2.75) is 26.4 Å². The minimum absolute atomic E-state index is 0.423. The first-order valence-corrected chi connectivity index (χ1v) is 3.80. The predicted octanol–water partition coefficient (Wildman–Crippen LogP) is 1.23. The Bertz CT molecular complexity index is 244. The van der Waals surface area contributed by atoms with Crippen LogP contribution in [-0.2, 0) is 11.2 Å². The van der Waals surface area contributed by atoms with E-state index in [0.29, 0.717) is 6.10 Å². The van der Waals surface area contributed by atoms with Crippen molar-refractivity contribution in [2.24, 2.45) is 0 Å². The summed E-state index contributed by atoms with van der Waals surface area (Å²) in [5.74, 6) is 0.929. The maximum absolute atomic E-state index is 5.12. The molecule has 0 N–H and O–H groups in total. The molecule has 1 aliphatic rings. The fourth-order valence-corrected chi connectivity index (χ4v) is 1.21. The van der Waals surface area contributed by atoms with Crippen molar-refractivity contribution in [3.63, 3.8) is 0 Å². The van der Waals surface area contributed by atoms with Gasteiger partial charge in [-0.1, -0.05) is 5.16 Å². The summed E-state index contributed by atoms with van der Waals surface area (Å²) >= 11 is 0. The number of ether oxygens (including phenoxy) is 1. The van der Waals surface area contributed by atoms with E-state index in [2.05, 4.69) is 5.16 Å². The van der Waals surface area contributed by atoms with Crippen LogP contribution in [0, 0.1) is 13.8 Å². The SMILES string of the molecule is Cc1noc(C)c1CC1CO1. The molecule has 1 aromatic rings. The summed E-state index contributed by atoms with van der Waals surface area (Å²) in [5, 5.41) is 3.87. The van der Waals surface area contributed by atoms with Crippen LogP contribution in [0.5, 0.6) is 0 Å². The summed E-state index contributed by atoms with van der Waals surface area (Å²) in [6.45, 7) is 4.80. The van der Waals surface area contributed by atoms with Crippen LogP contribution < -0.4 is 0 Å². The summed E-state index contributed by atoms with van der Waals surface area (Å²) in [7, 11) is 0.